The molecule has 0 heterocycles. The number of benzene rings is 1. The molecule has 0 amide bonds. The molecule has 50 heavy (non-hydrogen) atoms. The summed E-state index contributed by atoms with van der Waals surface area (Å²) in [5.41, 5.74) is 1.68. The fraction of sp³-hybridized carbons (Fsp3) is 0.875. The molecular formula is C48H89FO. The average molecular weight is 701 g/mol. The molecule has 1 aromatic carbocycles. The molecule has 2 heteroatoms. The Balaban J connectivity index is 2.49. The molecule has 0 aromatic heterocycles. The maximum atomic E-state index is 12.3. The quantitative estimate of drug-likeness (QED) is 0.0618. The van der Waals surface area contributed by atoms with Gasteiger partial charge >= 0.3 is 0 Å². The highest BCUT2D eigenvalue weighted by Gasteiger charge is 2.31. The molecule has 0 bridgehead atoms. The number of hydrogen-bond acceptors (Lipinski definition) is 1. The van der Waals surface area contributed by atoms with Gasteiger partial charge in [-0.2, -0.15) is 0 Å². The molecule has 0 atom stereocenters. The van der Waals surface area contributed by atoms with E-state index >= 15 is 0 Å². The average Bonchev–Trinajstić information content (AvgIpc) is 3.14. The predicted octanol–water partition coefficient (Wildman–Crippen LogP) is 17.0. The number of hydrogen-bond donors (Lipinski definition) is 0. The molecule has 0 N–H and O–H groups in total. The zero-order valence-corrected chi connectivity index (χ0v) is 34.3. The van der Waals surface area contributed by atoms with Crippen LogP contribution in [0.3, 0.4) is 0 Å². The Morgan fingerprint density at radius 2 is 0.720 bits per heavy atom. The van der Waals surface area contributed by atoms with Gasteiger partial charge in [-0.15, -0.1) is 0 Å². The lowest BCUT2D eigenvalue weighted by atomic mass is 9.73. The Labute approximate surface area is 314 Å². The highest BCUT2D eigenvalue weighted by atomic mass is 19.1. The highest BCUT2D eigenvalue weighted by molar-refractivity contribution is 5.25. The van der Waals surface area contributed by atoms with Gasteiger partial charge in [0.1, 0.15) is 0 Å². The van der Waals surface area contributed by atoms with Crippen LogP contribution >= 0.6 is 0 Å². The first-order valence-corrected chi connectivity index (χ1v) is 23.0. The van der Waals surface area contributed by atoms with Crippen LogP contribution < -0.4 is 0 Å². The van der Waals surface area contributed by atoms with E-state index in [1.165, 1.54) is 224 Å². The van der Waals surface area contributed by atoms with Crippen molar-refractivity contribution in [3.05, 3.63) is 35.9 Å². The molecule has 0 radical (unpaired) electrons. The van der Waals surface area contributed by atoms with E-state index in [1.54, 1.807) is 0 Å². The van der Waals surface area contributed by atoms with Gasteiger partial charge in [0.25, 0.3) is 0 Å². The summed E-state index contributed by atoms with van der Waals surface area (Å²) < 4.78 is 18.9. The topological polar surface area (TPSA) is 9.23 Å². The normalized spacial score (nSPS) is 11.9. The molecular weight excluding hydrogens is 612 g/mol. The largest absolute Gasteiger partial charge is 0.381 e. The van der Waals surface area contributed by atoms with Gasteiger partial charge in [-0.05, 0) is 31.2 Å². The third-order valence-corrected chi connectivity index (χ3v) is 11.5. The molecule has 0 spiro atoms. The Bertz CT molecular complexity index is 733. The number of halogens is 1. The summed E-state index contributed by atoms with van der Waals surface area (Å²) in [4.78, 5) is 0. The maximum Gasteiger partial charge on any atom is 0.0894 e. The molecule has 0 aliphatic heterocycles. The summed E-state index contributed by atoms with van der Waals surface area (Å²) in [7, 11) is 0. The van der Waals surface area contributed by atoms with E-state index < -0.39 is 0 Å². The lowest BCUT2D eigenvalue weighted by molar-refractivity contribution is 0.0682. The van der Waals surface area contributed by atoms with Gasteiger partial charge in [-0.3, -0.25) is 4.39 Å². The first-order chi connectivity index (χ1) is 24.8. The zero-order valence-electron chi connectivity index (χ0n) is 34.3. The molecule has 294 valence electrons. The van der Waals surface area contributed by atoms with E-state index in [-0.39, 0.29) is 12.1 Å². The van der Waals surface area contributed by atoms with Gasteiger partial charge in [0, 0.05) is 12.0 Å². The summed E-state index contributed by atoms with van der Waals surface area (Å²) in [6.07, 6.45) is 48.6. The molecule has 0 saturated heterocycles. The van der Waals surface area contributed by atoms with E-state index in [9.17, 15) is 4.39 Å². The van der Waals surface area contributed by atoms with Crippen molar-refractivity contribution in [1.82, 2.24) is 0 Å². The second-order valence-corrected chi connectivity index (χ2v) is 16.2. The number of unbranched alkanes of at least 4 members (excludes halogenated alkanes) is 31. The van der Waals surface area contributed by atoms with Gasteiger partial charge < -0.3 is 4.74 Å². The maximum absolute atomic E-state index is 12.3. The Morgan fingerprint density at radius 3 is 1.08 bits per heavy atom. The Kier molecular flexibility index (Phi) is 35.7. The van der Waals surface area contributed by atoms with Crippen LogP contribution in [-0.4, -0.2) is 19.9 Å². The van der Waals surface area contributed by atoms with Crippen LogP contribution in [0, 0.1) is 0 Å². The Hall–Kier alpha value is -0.890. The molecule has 0 unspecified atom stereocenters. The Morgan fingerprint density at radius 1 is 0.400 bits per heavy atom. The summed E-state index contributed by atoms with van der Waals surface area (Å²) in [6, 6.07) is 11.5. The van der Waals surface area contributed by atoms with Crippen LogP contribution in [0.4, 0.5) is 4.39 Å². The molecule has 0 saturated carbocycles. The van der Waals surface area contributed by atoms with Crippen molar-refractivity contribution in [2.24, 2.45) is 0 Å². The van der Waals surface area contributed by atoms with Crippen molar-refractivity contribution in [2.45, 2.75) is 250 Å². The van der Waals surface area contributed by atoms with Crippen LogP contribution in [0.2, 0.25) is 0 Å². The van der Waals surface area contributed by atoms with Gasteiger partial charge in [-0.1, -0.05) is 250 Å². The summed E-state index contributed by atoms with van der Waals surface area (Å²) in [5.74, 6) is 0. The molecule has 0 fully saturated rings. The molecule has 0 aliphatic rings. The van der Waals surface area contributed by atoms with Gasteiger partial charge in [0.05, 0.1) is 13.3 Å². The lowest BCUT2D eigenvalue weighted by Crippen LogP contribution is -2.32. The first kappa shape index (κ1) is 47.1. The molecule has 1 rings (SSSR count). The summed E-state index contributed by atoms with van der Waals surface area (Å²) in [6.45, 7) is 6.25. The van der Waals surface area contributed by atoms with Crippen LogP contribution in [0.1, 0.15) is 251 Å². The second kappa shape index (κ2) is 37.9. The van der Waals surface area contributed by atoms with Gasteiger partial charge in [0.15, 0.2) is 0 Å². The van der Waals surface area contributed by atoms with E-state index in [2.05, 4.69) is 44.2 Å². The summed E-state index contributed by atoms with van der Waals surface area (Å²) in [5, 5.41) is 0. The van der Waals surface area contributed by atoms with Crippen molar-refractivity contribution in [1.29, 1.82) is 0 Å². The highest BCUT2D eigenvalue weighted by Crippen LogP contribution is 2.37. The van der Waals surface area contributed by atoms with Crippen molar-refractivity contribution < 1.29 is 9.13 Å². The zero-order chi connectivity index (χ0) is 35.9. The summed E-state index contributed by atoms with van der Waals surface area (Å²) >= 11 is 0. The SMILES string of the molecule is CCCCCCCCCCCCCCCC(CCCCCCCCCCCCCCC)(COCCCCCCCCCCF)c1ccccc1. The fourth-order valence-electron chi connectivity index (χ4n) is 8.02. The molecule has 1 aromatic rings. The number of ether oxygens (including phenoxy) is 1. The van der Waals surface area contributed by atoms with E-state index in [0.717, 1.165) is 26.1 Å². The van der Waals surface area contributed by atoms with E-state index in [4.69, 9.17) is 4.74 Å². The van der Waals surface area contributed by atoms with Crippen molar-refractivity contribution in [2.75, 3.05) is 19.9 Å². The fourth-order valence-corrected chi connectivity index (χ4v) is 8.02. The third-order valence-electron chi connectivity index (χ3n) is 11.5. The molecule has 1 nitrogen and oxygen atoms in total. The van der Waals surface area contributed by atoms with E-state index in [1.807, 2.05) is 0 Å². The van der Waals surface area contributed by atoms with Crippen LogP contribution in [-0.2, 0) is 10.2 Å². The lowest BCUT2D eigenvalue weighted by Gasteiger charge is -2.35. The van der Waals surface area contributed by atoms with Crippen molar-refractivity contribution in [3.63, 3.8) is 0 Å². The molecule has 0 aliphatic carbocycles. The minimum Gasteiger partial charge on any atom is -0.381 e. The first-order valence-electron chi connectivity index (χ1n) is 23.0. The van der Waals surface area contributed by atoms with Gasteiger partial charge in [0.2, 0.25) is 0 Å². The minimum atomic E-state index is -0.152. The number of alkyl halides is 1. The third kappa shape index (κ3) is 28.7. The van der Waals surface area contributed by atoms with Crippen molar-refractivity contribution >= 4 is 0 Å². The van der Waals surface area contributed by atoms with Crippen LogP contribution in [0.15, 0.2) is 30.3 Å². The van der Waals surface area contributed by atoms with Crippen LogP contribution in [0.25, 0.3) is 0 Å². The smallest absolute Gasteiger partial charge is 0.0894 e. The van der Waals surface area contributed by atoms with Crippen molar-refractivity contribution in [3.8, 4) is 0 Å². The number of rotatable bonds is 41. The standard InChI is InChI=1S/C48H89FO/c1-3-5-7-9-11-13-15-17-19-21-25-29-36-42-48(47-40-34-33-35-41-47,46-50-45-39-32-28-24-23-27-31-38-44-49)43-37-30-26-22-20-18-16-14-12-10-8-6-4-2/h33-35,40-41H,3-32,36-39,42-46H2,1-2H3. The monoisotopic (exact) mass is 701 g/mol. The van der Waals surface area contributed by atoms with E-state index in [0.29, 0.717) is 0 Å². The minimum absolute atomic E-state index is 0.152. The van der Waals surface area contributed by atoms with Gasteiger partial charge in [-0.25, -0.2) is 0 Å². The van der Waals surface area contributed by atoms with Crippen LogP contribution in [0.5, 0.6) is 0 Å². The second-order valence-electron chi connectivity index (χ2n) is 16.2. The predicted molar refractivity (Wildman–Crippen MR) is 222 cm³/mol.